The summed E-state index contributed by atoms with van der Waals surface area (Å²) in [5.74, 6) is -0.809. The minimum Gasteiger partial charge on any atom is -0.481 e. The van der Waals surface area contributed by atoms with E-state index in [-0.39, 0.29) is 17.7 Å². The van der Waals surface area contributed by atoms with Gasteiger partial charge in [-0.1, -0.05) is 45.0 Å². The number of carboxylic acid groups (broad SMARTS) is 1. The van der Waals surface area contributed by atoms with Gasteiger partial charge in [0.25, 0.3) is 0 Å². The van der Waals surface area contributed by atoms with Gasteiger partial charge in [-0.2, -0.15) is 0 Å². The maximum Gasteiger partial charge on any atom is 0.303 e. The number of hydrogen-bond acceptors (Lipinski definition) is 2. The Labute approximate surface area is 132 Å². The lowest BCUT2D eigenvalue weighted by atomic mass is 9.86. The summed E-state index contributed by atoms with van der Waals surface area (Å²) in [6.07, 6.45) is 2.52. The van der Waals surface area contributed by atoms with Gasteiger partial charge in [0, 0.05) is 19.4 Å². The predicted molar refractivity (Wildman–Crippen MR) is 88.0 cm³/mol. The molecule has 0 unspecified atom stereocenters. The van der Waals surface area contributed by atoms with Crippen molar-refractivity contribution in [2.24, 2.45) is 0 Å². The van der Waals surface area contributed by atoms with Crippen LogP contribution >= 0.6 is 0 Å². The first-order chi connectivity index (χ1) is 10.3. The van der Waals surface area contributed by atoms with Crippen molar-refractivity contribution < 1.29 is 14.7 Å². The van der Waals surface area contributed by atoms with Crippen molar-refractivity contribution in [3.05, 3.63) is 35.4 Å². The topological polar surface area (TPSA) is 66.4 Å². The third-order valence-corrected chi connectivity index (χ3v) is 3.60. The first-order valence-electron chi connectivity index (χ1n) is 7.87. The quantitative estimate of drug-likeness (QED) is 0.724. The lowest BCUT2D eigenvalue weighted by molar-refractivity contribution is -0.137. The standard InChI is InChI=1S/C18H27NO3/c1-18(2,3)15-10-8-14(9-11-15)12-13-19-16(20)6-4-5-7-17(21)22/h8-11H,4-7,12-13H2,1-3H3,(H,19,20)(H,21,22). The van der Waals surface area contributed by atoms with Gasteiger partial charge in [0.2, 0.25) is 5.91 Å². The fourth-order valence-electron chi connectivity index (χ4n) is 2.17. The van der Waals surface area contributed by atoms with Gasteiger partial charge in [0.15, 0.2) is 0 Å². The van der Waals surface area contributed by atoms with Crippen molar-refractivity contribution in [3.63, 3.8) is 0 Å². The second kappa shape index (κ2) is 8.57. The van der Waals surface area contributed by atoms with E-state index in [0.717, 1.165) is 6.42 Å². The summed E-state index contributed by atoms with van der Waals surface area (Å²) in [5, 5.41) is 11.4. The number of nitrogens with one attached hydrogen (secondary N) is 1. The van der Waals surface area contributed by atoms with Gasteiger partial charge in [-0.05, 0) is 35.8 Å². The Morgan fingerprint density at radius 1 is 1.05 bits per heavy atom. The Hall–Kier alpha value is -1.84. The van der Waals surface area contributed by atoms with Crippen LogP contribution in [-0.2, 0) is 21.4 Å². The molecule has 1 aromatic rings. The molecule has 1 aromatic carbocycles. The van der Waals surface area contributed by atoms with Gasteiger partial charge in [-0.3, -0.25) is 9.59 Å². The van der Waals surface area contributed by atoms with Crippen molar-refractivity contribution in [1.82, 2.24) is 5.32 Å². The van der Waals surface area contributed by atoms with E-state index in [1.807, 2.05) is 0 Å². The first-order valence-corrected chi connectivity index (χ1v) is 7.87. The Morgan fingerprint density at radius 3 is 2.18 bits per heavy atom. The minimum absolute atomic E-state index is 0.00306. The molecule has 0 radical (unpaired) electrons. The molecule has 4 heteroatoms. The van der Waals surface area contributed by atoms with E-state index in [0.29, 0.717) is 25.8 Å². The Bertz CT molecular complexity index is 486. The van der Waals surface area contributed by atoms with Crippen LogP contribution in [0.3, 0.4) is 0 Å². The highest BCUT2D eigenvalue weighted by molar-refractivity contribution is 5.75. The molecule has 0 bridgehead atoms. The molecule has 0 aliphatic carbocycles. The van der Waals surface area contributed by atoms with Crippen LogP contribution in [0.1, 0.15) is 57.6 Å². The van der Waals surface area contributed by atoms with Crippen molar-refractivity contribution in [2.45, 2.75) is 58.3 Å². The lowest BCUT2D eigenvalue weighted by Gasteiger charge is -2.19. The van der Waals surface area contributed by atoms with E-state index in [1.54, 1.807) is 0 Å². The number of hydrogen-bond donors (Lipinski definition) is 2. The van der Waals surface area contributed by atoms with Crippen LogP contribution in [0.5, 0.6) is 0 Å². The third-order valence-electron chi connectivity index (χ3n) is 3.60. The normalized spacial score (nSPS) is 11.2. The highest BCUT2D eigenvalue weighted by Gasteiger charge is 2.12. The zero-order chi connectivity index (χ0) is 16.6. The smallest absolute Gasteiger partial charge is 0.303 e. The number of benzene rings is 1. The average molecular weight is 305 g/mol. The molecule has 0 saturated carbocycles. The van der Waals surface area contributed by atoms with Gasteiger partial charge >= 0.3 is 5.97 Å². The number of carbonyl (C=O) groups is 2. The summed E-state index contributed by atoms with van der Waals surface area (Å²) in [6, 6.07) is 8.51. The van der Waals surface area contributed by atoms with Crippen LogP contribution in [0.4, 0.5) is 0 Å². The zero-order valence-electron chi connectivity index (χ0n) is 13.8. The van der Waals surface area contributed by atoms with E-state index in [9.17, 15) is 9.59 Å². The molecule has 0 fully saturated rings. The molecule has 0 saturated heterocycles. The molecular weight excluding hydrogens is 278 g/mol. The Kier molecular flexibility index (Phi) is 7.09. The van der Waals surface area contributed by atoms with Gasteiger partial charge in [0.1, 0.15) is 0 Å². The molecule has 4 nitrogen and oxygen atoms in total. The Balaban J connectivity index is 2.23. The van der Waals surface area contributed by atoms with E-state index < -0.39 is 5.97 Å². The van der Waals surface area contributed by atoms with E-state index in [4.69, 9.17) is 5.11 Å². The molecular formula is C18H27NO3. The highest BCUT2D eigenvalue weighted by atomic mass is 16.4. The van der Waals surface area contributed by atoms with Crippen LogP contribution in [0, 0.1) is 0 Å². The second-order valence-electron chi connectivity index (χ2n) is 6.65. The molecule has 122 valence electrons. The monoisotopic (exact) mass is 305 g/mol. The van der Waals surface area contributed by atoms with E-state index in [1.165, 1.54) is 11.1 Å². The maximum atomic E-state index is 11.6. The van der Waals surface area contributed by atoms with Crippen LogP contribution in [-0.4, -0.2) is 23.5 Å². The van der Waals surface area contributed by atoms with Gasteiger partial charge in [-0.25, -0.2) is 0 Å². The summed E-state index contributed by atoms with van der Waals surface area (Å²) < 4.78 is 0. The number of unbranched alkanes of at least 4 members (excludes halogenated alkanes) is 1. The molecule has 0 heterocycles. The van der Waals surface area contributed by atoms with Gasteiger partial charge < -0.3 is 10.4 Å². The van der Waals surface area contributed by atoms with Crippen molar-refractivity contribution >= 4 is 11.9 Å². The van der Waals surface area contributed by atoms with Crippen molar-refractivity contribution in [3.8, 4) is 0 Å². The van der Waals surface area contributed by atoms with E-state index in [2.05, 4.69) is 50.4 Å². The van der Waals surface area contributed by atoms with Crippen molar-refractivity contribution in [2.75, 3.05) is 6.54 Å². The second-order valence-corrected chi connectivity index (χ2v) is 6.65. The third kappa shape index (κ3) is 7.25. The molecule has 1 amide bonds. The highest BCUT2D eigenvalue weighted by Crippen LogP contribution is 2.22. The molecule has 22 heavy (non-hydrogen) atoms. The average Bonchev–Trinajstić information content (AvgIpc) is 2.43. The molecule has 0 atom stereocenters. The van der Waals surface area contributed by atoms with Crippen LogP contribution in [0.15, 0.2) is 24.3 Å². The van der Waals surface area contributed by atoms with Crippen LogP contribution in [0.2, 0.25) is 0 Å². The number of carbonyl (C=O) groups excluding carboxylic acids is 1. The van der Waals surface area contributed by atoms with E-state index >= 15 is 0 Å². The number of aliphatic carboxylic acids is 1. The Morgan fingerprint density at radius 2 is 1.64 bits per heavy atom. The number of amides is 1. The summed E-state index contributed by atoms with van der Waals surface area (Å²) in [4.78, 5) is 22.0. The van der Waals surface area contributed by atoms with Crippen LogP contribution < -0.4 is 5.32 Å². The summed E-state index contributed by atoms with van der Waals surface area (Å²) >= 11 is 0. The molecule has 2 N–H and O–H groups in total. The van der Waals surface area contributed by atoms with Gasteiger partial charge in [0.05, 0.1) is 0 Å². The first kappa shape index (κ1) is 18.2. The lowest BCUT2D eigenvalue weighted by Crippen LogP contribution is -2.25. The molecule has 0 aliphatic rings. The molecule has 0 aromatic heterocycles. The largest absolute Gasteiger partial charge is 0.481 e. The SMILES string of the molecule is CC(C)(C)c1ccc(CCNC(=O)CCCCC(=O)O)cc1. The molecule has 0 aliphatic heterocycles. The van der Waals surface area contributed by atoms with Crippen LogP contribution in [0.25, 0.3) is 0 Å². The summed E-state index contributed by atoms with van der Waals surface area (Å²) in [6.45, 7) is 7.18. The molecule has 1 rings (SSSR count). The minimum atomic E-state index is -0.806. The maximum absolute atomic E-state index is 11.6. The van der Waals surface area contributed by atoms with Gasteiger partial charge in [-0.15, -0.1) is 0 Å². The van der Waals surface area contributed by atoms with Crippen molar-refractivity contribution in [1.29, 1.82) is 0 Å². The number of carboxylic acids is 1. The summed E-state index contributed by atoms with van der Waals surface area (Å²) in [5.41, 5.74) is 2.67. The molecule has 0 spiro atoms. The predicted octanol–water partition coefficient (Wildman–Crippen LogP) is 3.29. The number of rotatable bonds is 8. The fraction of sp³-hybridized carbons (Fsp3) is 0.556. The zero-order valence-corrected chi connectivity index (χ0v) is 13.8. The summed E-state index contributed by atoms with van der Waals surface area (Å²) in [7, 11) is 0. The fourth-order valence-corrected chi connectivity index (χ4v) is 2.17.